The summed E-state index contributed by atoms with van der Waals surface area (Å²) in [7, 11) is 0. The lowest BCUT2D eigenvalue weighted by Gasteiger charge is -2.26. The van der Waals surface area contributed by atoms with Gasteiger partial charge in [-0.3, -0.25) is 9.58 Å². The number of furan rings is 1. The van der Waals surface area contributed by atoms with Crippen molar-refractivity contribution in [1.29, 1.82) is 0 Å². The van der Waals surface area contributed by atoms with Gasteiger partial charge in [-0.2, -0.15) is 5.10 Å². The topological polar surface area (TPSA) is 74.7 Å². The molecule has 0 saturated carbocycles. The average Bonchev–Trinajstić information content (AvgIpc) is 3.06. The largest absolute Gasteiger partial charge is 0.472 e. The van der Waals surface area contributed by atoms with E-state index in [1.54, 1.807) is 12.5 Å². The zero-order valence-electron chi connectivity index (χ0n) is 10.6. The molecule has 2 aromatic rings. The number of aliphatic hydroxyl groups is 2. The maximum atomic E-state index is 9.60. The molecular weight excluding hydrogens is 246 g/mol. The van der Waals surface area contributed by atoms with Crippen LogP contribution in [0.3, 0.4) is 0 Å². The quantitative estimate of drug-likeness (QED) is 0.841. The molecule has 0 aromatic carbocycles. The van der Waals surface area contributed by atoms with Crippen LogP contribution in [0.5, 0.6) is 0 Å². The Bertz CT molecular complexity index is 535. The number of nitrogens with zero attached hydrogens (tertiary/aromatic N) is 3. The van der Waals surface area contributed by atoms with E-state index < -0.39 is 6.10 Å². The van der Waals surface area contributed by atoms with Crippen LogP contribution in [0.25, 0.3) is 0 Å². The number of hydrogen-bond donors (Lipinski definition) is 2. The van der Waals surface area contributed by atoms with Gasteiger partial charge in [-0.15, -0.1) is 0 Å². The molecule has 0 aliphatic carbocycles. The van der Waals surface area contributed by atoms with Crippen molar-refractivity contribution in [1.82, 2.24) is 14.7 Å². The van der Waals surface area contributed by atoms with Crippen molar-refractivity contribution in [2.75, 3.05) is 13.2 Å². The summed E-state index contributed by atoms with van der Waals surface area (Å²) in [6.45, 7) is 3.05. The van der Waals surface area contributed by atoms with E-state index in [9.17, 15) is 5.11 Å². The van der Waals surface area contributed by atoms with E-state index in [2.05, 4.69) is 10.00 Å². The van der Waals surface area contributed by atoms with Crippen LogP contribution in [0, 0.1) is 0 Å². The van der Waals surface area contributed by atoms with E-state index in [1.807, 2.05) is 16.8 Å². The van der Waals surface area contributed by atoms with Crippen molar-refractivity contribution in [3.8, 4) is 0 Å². The number of aliphatic hydroxyl groups excluding tert-OH is 2. The molecule has 2 aromatic heterocycles. The van der Waals surface area contributed by atoms with E-state index in [0.717, 1.165) is 37.4 Å². The predicted octanol–water partition coefficient (Wildman–Crippen LogP) is 0.518. The Kier molecular flexibility index (Phi) is 3.37. The predicted molar refractivity (Wildman–Crippen MR) is 67.1 cm³/mol. The Morgan fingerprint density at radius 2 is 2.32 bits per heavy atom. The standard InChI is InChI=1S/C13H17N3O3/c17-8-13(18)12-5-11-7-15(2-3-16(11)14-12)6-10-1-4-19-9-10/h1,4-5,9,13,17-18H,2-3,6-8H2. The summed E-state index contributed by atoms with van der Waals surface area (Å²) in [5.74, 6) is 0. The summed E-state index contributed by atoms with van der Waals surface area (Å²) in [6, 6.07) is 3.83. The van der Waals surface area contributed by atoms with Crippen LogP contribution in [-0.4, -0.2) is 38.0 Å². The van der Waals surface area contributed by atoms with Gasteiger partial charge in [0, 0.05) is 25.2 Å². The Hall–Kier alpha value is -1.63. The molecule has 0 radical (unpaired) electrons. The van der Waals surface area contributed by atoms with Gasteiger partial charge < -0.3 is 14.6 Å². The molecule has 0 amide bonds. The Morgan fingerprint density at radius 1 is 1.42 bits per heavy atom. The molecule has 3 rings (SSSR count). The third-order valence-corrected chi connectivity index (χ3v) is 3.40. The van der Waals surface area contributed by atoms with Crippen LogP contribution < -0.4 is 0 Å². The summed E-state index contributed by atoms with van der Waals surface area (Å²) in [6.07, 6.45) is 2.55. The summed E-state index contributed by atoms with van der Waals surface area (Å²) in [5, 5.41) is 22.9. The number of hydrogen-bond acceptors (Lipinski definition) is 5. The van der Waals surface area contributed by atoms with Crippen LogP contribution in [-0.2, 0) is 19.6 Å². The van der Waals surface area contributed by atoms with Crippen molar-refractivity contribution in [2.45, 2.75) is 25.7 Å². The molecule has 0 spiro atoms. The third-order valence-electron chi connectivity index (χ3n) is 3.40. The fourth-order valence-electron chi connectivity index (χ4n) is 2.38. The second-order valence-electron chi connectivity index (χ2n) is 4.82. The summed E-state index contributed by atoms with van der Waals surface area (Å²) in [4.78, 5) is 2.30. The maximum Gasteiger partial charge on any atom is 0.121 e. The van der Waals surface area contributed by atoms with Crippen LogP contribution in [0.1, 0.15) is 23.1 Å². The first-order valence-electron chi connectivity index (χ1n) is 6.35. The Labute approximate surface area is 110 Å². The van der Waals surface area contributed by atoms with E-state index in [1.165, 1.54) is 0 Å². The van der Waals surface area contributed by atoms with Gasteiger partial charge in [0.1, 0.15) is 6.10 Å². The minimum atomic E-state index is -0.888. The monoisotopic (exact) mass is 263 g/mol. The second kappa shape index (κ2) is 5.16. The molecule has 6 heteroatoms. The van der Waals surface area contributed by atoms with Crippen LogP contribution in [0.4, 0.5) is 0 Å². The molecule has 1 aliphatic rings. The smallest absolute Gasteiger partial charge is 0.121 e. The van der Waals surface area contributed by atoms with E-state index >= 15 is 0 Å². The minimum absolute atomic E-state index is 0.296. The van der Waals surface area contributed by atoms with E-state index in [0.29, 0.717) is 5.69 Å². The molecule has 1 aliphatic heterocycles. The summed E-state index contributed by atoms with van der Waals surface area (Å²) < 4.78 is 6.97. The Balaban J connectivity index is 1.71. The molecule has 19 heavy (non-hydrogen) atoms. The first-order valence-corrected chi connectivity index (χ1v) is 6.35. The van der Waals surface area contributed by atoms with Crippen LogP contribution >= 0.6 is 0 Å². The first kappa shape index (κ1) is 12.4. The van der Waals surface area contributed by atoms with Crippen molar-refractivity contribution in [3.05, 3.63) is 41.6 Å². The van der Waals surface area contributed by atoms with Crippen molar-refractivity contribution < 1.29 is 14.6 Å². The number of aromatic nitrogens is 2. The highest BCUT2D eigenvalue weighted by Crippen LogP contribution is 2.19. The zero-order valence-corrected chi connectivity index (χ0v) is 10.6. The van der Waals surface area contributed by atoms with E-state index in [-0.39, 0.29) is 6.61 Å². The lowest BCUT2D eigenvalue weighted by Crippen LogP contribution is -2.33. The van der Waals surface area contributed by atoms with Crippen LogP contribution in [0.15, 0.2) is 29.1 Å². The number of rotatable bonds is 4. The average molecular weight is 263 g/mol. The highest BCUT2D eigenvalue weighted by Gasteiger charge is 2.20. The third kappa shape index (κ3) is 2.56. The fourth-order valence-corrected chi connectivity index (χ4v) is 2.38. The van der Waals surface area contributed by atoms with Gasteiger partial charge in [0.05, 0.1) is 37.1 Å². The molecular formula is C13H17N3O3. The molecule has 0 saturated heterocycles. The molecule has 3 heterocycles. The first-order chi connectivity index (χ1) is 9.26. The molecule has 102 valence electrons. The van der Waals surface area contributed by atoms with Gasteiger partial charge >= 0.3 is 0 Å². The highest BCUT2D eigenvalue weighted by atomic mass is 16.3. The maximum absolute atomic E-state index is 9.60. The van der Waals surface area contributed by atoms with Gasteiger partial charge in [-0.05, 0) is 12.1 Å². The lowest BCUT2D eigenvalue weighted by molar-refractivity contribution is 0.0915. The second-order valence-corrected chi connectivity index (χ2v) is 4.82. The summed E-state index contributed by atoms with van der Waals surface area (Å²) in [5.41, 5.74) is 2.77. The minimum Gasteiger partial charge on any atom is -0.472 e. The van der Waals surface area contributed by atoms with Crippen LogP contribution in [0.2, 0.25) is 0 Å². The van der Waals surface area contributed by atoms with Gasteiger partial charge in [0.25, 0.3) is 0 Å². The van der Waals surface area contributed by atoms with Gasteiger partial charge in [0.2, 0.25) is 0 Å². The van der Waals surface area contributed by atoms with Gasteiger partial charge in [0.15, 0.2) is 0 Å². The van der Waals surface area contributed by atoms with Crippen molar-refractivity contribution in [3.63, 3.8) is 0 Å². The van der Waals surface area contributed by atoms with Crippen molar-refractivity contribution >= 4 is 0 Å². The van der Waals surface area contributed by atoms with Crippen molar-refractivity contribution in [2.24, 2.45) is 0 Å². The normalized spacial score (nSPS) is 17.4. The molecule has 6 nitrogen and oxygen atoms in total. The Morgan fingerprint density at radius 3 is 3.05 bits per heavy atom. The zero-order chi connectivity index (χ0) is 13.2. The fraction of sp³-hybridized carbons (Fsp3) is 0.462. The lowest BCUT2D eigenvalue weighted by atomic mass is 10.2. The van der Waals surface area contributed by atoms with Gasteiger partial charge in [-0.25, -0.2) is 0 Å². The van der Waals surface area contributed by atoms with Gasteiger partial charge in [-0.1, -0.05) is 0 Å². The SMILES string of the molecule is OCC(O)c1cc2n(n1)CCN(Cc1ccoc1)C2. The summed E-state index contributed by atoms with van der Waals surface area (Å²) >= 11 is 0. The molecule has 0 fully saturated rings. The molecule has 1 atom stereocenters. The molecule has 0 bridgehead atoms. The highest BCUT2D eigenvalue weighted by molar-refractivity contribution is 5.15. The molecule has 1 unspecified atom stereocenters. The van der Waals surface area contributed by atoms with E-state index in [4.69, 9.17) is 9.52 Å². The molecule has 2 N–H and O–H groups in total. The number of fused-ring (bicyclic) bond motifs is 1.